The van der Waals surface area contributed by atoms with Crippen LogP contribution in [-0.4, -0.2) is 23.0 Å². The number of methoxy groups -OCH3 is 1. The quantitative estimate of drug-likeness (QED) is 0.236. The third kappa shape index (κ3) is 7.08. The zero-order chi connectivity index (χ0) is 21.6. The SMILES string of the molecule is CC(=O)/C=C(/C)O.CCc1ccc2nc(-c3[c-]c(C)cc(C)c3)c(OC)cc2c1.[Ir]. The van der Waals surface area contributed by atoms with Crippen molar-refractivity contribution in [3.63, 3.8) is 0 Å². The summed E-state index contributed by atoms with van der Waals surface area (Å²) < 4.78 is 5.58. The summed E-state index contributed by atoms with van der Waals surface area (Å²) in [7, 11) is 1.69. The molecule has 0 unspecified atom stereocenters. The average molecular weight is 583 g/mol. The van der Waals surface area contributed by atoms with Gasteiger partial charge in [0.25, 0.3) is 0 Å². The number of ether oxygens (including phenoxy) is 1. The summed E-state index contributed by atoms with van der Waals surface area (Å²) in [6, 6.07) is 16.1. The molecule has 0 bridgehead atoms. The van der Waals surface area contributed by atoms with Gasteiger partial charge in [-0.05, 0) is 44.0 Å². The average Bonchev–Trinajstić information content (AvgIpc) is 2.65. The van der Waals surface area contributed by atoms with E-state index in [1.54, 1.807) is 7.11 Å². The van der Waals surface area contributed by atoms with Crippen LogP contribution in [-0.2, 0) is 31.3 Å². The number of nitrogens with zero attached hydrogens (tertiary/aromatic N) is 1. The van der Waals surface area contributed by atoms with E-state index in [1.165, 1.54) is 31.1 Å². The molecule has 0 aliphatic carbocycles. The smallest absolute Gasteiger partial charge is 0.155 e. The summed E-state index contributed by atoms with van der Waals surface area (Å²) in [5.41, 5.74) is 6.45. The van der Waals surface area contributed by atoms with E-state index in [-0.39, 0.29) is 31.6 Å². The maximum absolute atomic E-state index is 10.0. The molecule has 0 atom stereocenters. The Kier molecular flexibility index (Phi) is 9.91. The molecule has 1 N–H and O–H groups in total. The zero-order valence-corrected chi connectivity index (χ0v) is 20.7. The van der Waals surface area contributed by atoms with Gasteiger partial charge in [-0.25, -0.2) is 0 Å². The van der Waals surface area contributed by atoms with Gasteiger partial charge in [-0.2, -0.15) is 0 Å². The molecule has 0 fully saturated rings. The van der Waals surface area contributed by atoms with Gasteiger partial charge in [0.15, 0.2) is 5.78 Å². The van der Waals surface area contributed by atoms with Crippen molar-refractivity contribution in [1.29, 1.82) is 0 Å². The summed E-state index contributed by atoms with van der Waals surface area (Å²) in [6.07, 6.45) is 2.19. The van der Waals surface area contributed by atoms with Crippen LogP contribution in [0.15, 0.2) is 48.2 Å². The Morgan fingerprint density at radius 1 is 1.17 bits per heavy atom. The number of fused-ring (bicyclic) bond motifs is 1. The number of aliphatic hydroxyl groups is 1. The molecular weight excluding hydrogens is 554 g/mol. The number of aryl methyl sites for hydroxylation is 3. The molecule has 1 heterocycles. The van der Waals surface area contributed by atoms with Gasteiger partial charge < -0.3 is 9.84 Å². The Bertz CT molecular complexity index is 1030. The van der Waals surface area contributed by atoms with Gasteiger partial charge >= 0.3 is 0 Å². The van der Waals surface area contributed by atoms with Crippen molar-refractivity contribution in [2.75, 3.05) is 7.11 Å². The van der Waals surface area contributed by atoms with E-state index in [0.717, 1.165) is 39.9 Å². The maximum atomic E-state index is 10.0. The first-order valence-electron chi connectivity index (χ1n) is 9.60. The summed E-state index contributed by atoms with van der Waals surface area (Å²) >= 11 is 0. The van der Waals surface area contributed by atoms with Crippen LogP contribution < -0.4 is 4.74 Å². The van der Waals surface area contributed by atoms with Gasteiger partial charge in [-0.15, -0.1) is 34.9 Å². The first kappa shape index (κ1) is 25.5. The number of aromatic nitrogens is 1. The number of hydrogen-bond donors (Lipinski definition) is 1. The van der Waals surface area contributed by atoms with E-state index >= 15 is 0 Å². The number of carbonyl (C=O) groups is 1. The third-order valence-electron chi connectivity index (χ3n) is 4.29. The predicted molar refractivity (Wildman–Crippen MR) is 118 cm³/mol. The molecule has 0 saturated heterocycles. The molecule has 0 saturated carbocycles. The van der Waals surface area contributed by atoms with Crippen LogP contribution in [0.5, 0.6) is 5.75 Å². The molecule has 5 heteroatoms. The Labute approximate surface area is 192 Å². The van der Waals surface area contributed by atoms with Crippen LogP contribution >= 0.6 is 0 Å². The van der Waals surface area contributed by atoms with Crippen LogP contribution in [0.25, 0.3) is 22.2 Å². The first-order chi connectivity index (χ1) is 13.7. The van der Waals surface area contributed by atoms with E-state index in [4.69, 9.17) is 14.8 Å². The van der Waals surface area contributed by atoms with Gasteiger partial charge in [-0.3, -0.25) is 9.78 Å². The van der Waals surface area contributed by atoms with Gasteiger partial charge in [0.05, 0.1) is 18.4 Å². The van der Waals surface area contributed by atoms with Crippen LogP contribution in [0.2, 0.25) is 0 Å². The van der Waals surface area contributed by atoms with Crippen LogP contribution in [0.4, 0.5) is 0 Å². The standard InChI is InChI=1S/C20H20NO.C5H8O2.Ir/c1-5-15-6-7-18-16(11-15)12-19(22-4)20(21-18)17-9-13(2)8-14(3)10-17;1-4(6)3-5(2)7;/h6-9,11-12H,5H2,1-4H3;3,6H,1-2H3;/q-1;;/b;4-3-;. The minimum absolute atomic E-state index is 0. The minimum atomic E-state index is -0.125. The molecule has 0 aliphatic rings. The molecule has 30 heavy (non-hydrogen) atoms. The van der Waals surface area contributed by atoms with Crippen LogP contribution in [0.1, 0.15) is 37.5 Å². The number of rotatable bonds is 4. The summed E-state index contributed by atoms with van der Waals surface area (Å²) in [6.45, 7) is 9.15. The molecule has 3 rings (SSSR count). The molecule has 0 spiro atoms. The van der Waals surface area contributed by atoms with Crippen molar-refractivity contribution in [1.82, 2.24) is 4.98 Å². The Hall–Kier alpha value is -2.49. The second kappa shape index (κ2) is 11.6. The van der Waals surface area contributed by atoms with Gasteiger partial charge in [-0.1, -0.05) is 26.8 Å². The monoisotopic (exact) mass is 583 g/mol. The summed E-state index contributed by atoms with van der Waals surface area (Å²) in [4.78, 5) is 14.8. The normalized spacial score (nSPS) is 10.7. The van der Waals surface area contributed by atoms with Crippen molar-refractivity contribution in [2.45, 2.75) is 41.0 Å². The van der Waals surface area contributed by atoms with E-state index in [9.17, 15) is 4.79 Å². The number of allylic oxidation sites excluding steroid dienone is 2. The number of benzene rings is 2. The molecule has 2 aromatic carbocycles. The Balaban J connectivity index is 0.000000489. The minimum Gasteiger partial charge on any atom is -0.512 e. The fraction of sp³-hybridized carbons (Fsp3) is 0.280. The third-order valence-corrected chi connectivity index (χ3v) is 4.29. The van der Waals surface area contributed by atoms with Crippen molar-refractivity contribution in [3.8, 4) is 17.0 Å². The van der Waals surface area contributed by atoms with Crippen LogP contribution in [0, 0.1) is 19.9 Å². The number of hydrogen-bond acceptors (Lipinski definition) is 4. The van der Waals surface area contributed by atoms with Gasteiger partial charge in [0, 0.05) is 37.3 Å². The molecular formula is C25H28IrNO3-. The fourth-order valence-corrected chi connectivity index (χ4v) is 3.09. The number of pyridine rings is 1. The van der Waals surface area contributed by atoms with E-state index in [2.05, 4.69) is 63.2 Å². The summed E-state index contributed by atoms with van der Waals surface area (Å²) in [5.74, 6) is 0.731. The summed E-state index contributed by atoms with van der Waals surface area (Å²) in [5, 5.41) is 9.48. The Morgan fingerprint density at radius 2 is 1.87 bits per heavy atom. The topological polar surface area (TPSA) is 59.4 Å². The van der Waals surface area contributed by atoms with Crippen LogP contribution in [0.3, 0.4) is 0 Å². The number of ketones is 1. The van der Waals surface area contributed by atoms with Crippen molar-refractivity contribution in [3.05, 3.63) is 71.0 Å². The van der Waals surface area contributed by atoms with E-state index in [1.807, 2.05) is 0 Å². The molecule has 3 aromatic rings. The zero-order valence-electron chi connectivity index (χ0n) is 18.3. The van der Waals surface area contributed by atoms with Gasteiger partial charge in [0.2, 0.25) is 0 Å². The molecule has 0 amide bonds. The number of carbonyl (C=O) groups excluding carboxylic acids is 1. The number of aliphatic hydroxyl groups excluding tert-OH is 1. The molecule has 161 valence electrons. The molecule has 1 aromatic heterocycles. The van der Waals surface area contributed by atoms with E-state index in [0.29, 0.717) is 0 Å². The fourth-order valence-electron chi connectivity index (χ4n) is 3.09. The maximum Gasteiger partial charge on any atom is 0.155 e. The second-order valence-electron chi connectivity index (χ2n) is 7.07. The molecule has 1 radical (unpaired) electrons. The predicted octanol–water partition coefficient (Wildman–Crippen LogP) is 5.92. The largest absolute Gasteiger partial charge is 0.512 e. The molecule has 4 nitrogen and oxygen atoms in total. The van der Waals surface area contributed by atoms with Crippen molar-refractivity contribution in [2.24, 2.45) is 0 Å². The van der Waals surface area contributed by atoms with Crippen molar-refractivity contribution >= 4 is 16.7 Å². The van der Waals surface area contributed by atoms with Gasteiger partial charge in [0.1, 0.15) is 5.75 Å². The van der Waals surface area contributed by atoms with E-state index < -0.39 is 0 Å². The molecule has 0 aliphatic heterocycles. The first-order valence-corrected chi connectivity index (χ1v) is 9.60. The second-order valence-corrected chi connectivity index (χ2v) is 7.07. The Morgan fingerprint density at radius 3 is 2.37 bits per heavy atom. The van der Waals surface area contributed by atoms with Crippen molar-refractivity contribution < 1.29 is 34.7 Å².